The number of nitrogens with zero attached hydrogens (tertiary/aromatic N) is 4. The number of carbonyl (C=O) groups is 2. The fraction of sp³-hybridized carbons (Fsp3) is 0.522. The van der Waals surface area contributed by atoms with Crippen molar-refractivity contribution in [3.8, 4) is 6.07 Å². The highest BCUT2D eigenvalue weighted by molar-refractivity contribution is 6.30. The number of nitrogens with one attached hydrogen (secondary N) is 1. The van der Waals surface area contributed by atoms with Crippen LogP contribution in [0, 0.1) is 11.3 Å². The summed E-state index contributed by atoms with van der Waals surface area (Å²) in [5.74, 6) is -0.342. The van der Waals surface area contributed by atoms with Crippen molar-refractivity contribution in [3.63, 3.8) is 0 Å². The van der Waals surface area contributed by atoms with Gasteiger partial charge in [-0.1, -0.05) is 43.5 Å². The van der Waals surface area contributed by atoms with Gasteiger partial charge in [-0.05, 0) is 30.2 Å². The lowest BCUT2D eigenvalue weighted by atomic mass is 10.0. The topological polar surface area (TPSA) is 106 Å². The van der Waals surface area contributed by atoms with Crippen molar-refractivity contribution < 1.29 is 9.59 Å². The minimum atomic E-state index is -0.178. The summed E-state index contributed by atoms with van der Waals surface area (Å²) in [5, 5.41) is 11.5. The Kier molecular flexibility index (Phi) is 8.51. The minimum Gasteiger partial charge on any atom is -0.339 e. The second-order valence-electron chi connectivity index (χ2n) is 8.14. The number of hydrazine groups is 1. The number of hydrogen-bond donors (Lipinski definition) is 2. The van der Waals surface area contributed by atoms with E-state index in [9.17, 15) is 9.59 Å². The molecule has 0 radical (unpaired) electrons. The fourth-order valence-corrected chi connectivity index (χ4v) is 4.28. The second kappa shape index (κ2) is 11.3. The van der Waals surface area contributed by atoms with Crippen molar-refractivity contribution in [2.45, 2.75) is 44.7 Å². The number of nitriles is 1. The molecule has 2 heterocycles. The molecule has 3 N–H and O–H groups in total. The van der Waals surface area contributed by atoms with Crippen LogP contribution < -0.4 is 11.2 Å². The maximum absolute atomic E-state index is 13.3. The van der Waals surface area contributed by atoms with E-state index in [1.54, 1.807) is 9.80 Å². The third kappa shape index (κ3) is 5.60. The molecule has 8 nitrogen and oxygen atoms in total. The Bertz CT molecular complexity index is 881. The van der Waals surface area contributed by atoms with Crippen molar-refractivity contribution in [3.05, 3.63) is 46.6 Å². The summed E-state index contributed by atoms with van der Waals surface area (Å²) in [6.07, 6.45) is 5.15. The van der Waals surface area contributed by atoms with Crippen LogP contribution in [0.5, 0.6) is 0 Å². The van der Waals surface area contributed by atoms with E-state index in [0.717, 1.165) is 24.8 Å². The molecule has 2 amide bonds. The van der Waals surface area contributed by atoms with Crippen molar-refractivity contribution in [1.82, 2.24) is 20.2 Å². The van der Waals surface area contributed by atoms with Gasteiger partial charge in [0.1, 0.15) is 12.2 Å². The van der Waals surface area contributed by atoms with Gasteiger partial charge in [0.2, 0.25) is 5.91 Å². The zero-order chi connectivity index (χ0) is 23.1. The summed E-state index contributed by atoms with van der Waals surface area (Å²) in [5.41, 5.74) is 10.7. The van der Waals surface area contributed by atoms with Gasteiger partial charge < -0.3 is 15.5 Å². The van der Waals surface area contributed by atoms with Crippen LogP contribution in [0.3, 0.4) is 0 Å². The van der Waals surface area contributed by atoms with E-state index < -0.39 is 0 Å². The first-order valence-corrected chi connectivity index (χ1v) is 11.5. The monoisotopic (exact) mass is 458 g/mol. The van der Waals surface area contributed by atoms with Crippen LogP contribution in [0.2, 0.25) is 5.02 Å². The van der Waals surface area contributed by atoms with Crippen LogP contribution in [0.1, 0.15) is 44.2 Å². The zero-order valence-electron chi connectivity index (χ0n) is 18.5. The number of piperazine rings is 1. The molecule has 2 aliphatic heterocycles. The maximum Gasteiger partial charge on any atom is 0.271 e. The standard InChI is InChI=1S/C23H31ClN6O2/c1-2-3-5-19-15-29(16-22(31)28(13-11-26)12-4-10-25)23(32)21-14-20(27-30(19)21)17-6-8-18(24)9-7-17/h6-9,14,19-20,27H,2-5,11-13,15-16,26H2,1H3. The smallest absolute Gasteiger partial charge is 0.271 e. The quantitative estimate of drug-likeness (QED) is 0.556. The first-order valence-electron chi connectivity index (χ1n) is 11.1. The Morgan fingerprint density at radius 1 is 1.34 bits per heavy atom. The molecule has 1 fully saturated rings. The molecule has 2 aliphatic rings. The van der Waals surface area contributed by atoms with E-state index in [2.05, 4.69) is 18.4 Å². The highest BCUT2D eigenvalue weighted by Crippen LogP contribution is 2.32. The molecule has 0 bridgehead atoms. The first-order chi connectivity index (χ1) is 15.5. The third-order valence-electron chi connectivity index (χ3n) is 5.86. The Balaban J connectivity index is 1.79. The number of benzene rings is 1. The van der Waals surface area contributed by atoms with Crippen molar-refractivity contribution in [1.29, 1.82) is 5.26 Å². The van der Waals surface area contributed by atoms with Gasteiger partial charge in [0.15, 0.2) is 0 Å². The summed E-state index contributed by atoms with van der Waals surface area (Å²) >= 11 is 6.02. The molecule has 1 saturated heterocycles. The van der Waals surface area contributed by atoms with E-state index in [4.69, 9.17) is 22.6 Å². The molecule has 0 spiro atoms. The summed E-state index contributed by atoms with van der Waals surface area (Å²) in [6, 6.07) is 9.57. The molecule has 2 atom stereocenters. The van der Waals surface area contributed by atoms with Gasteiger partial charge in [0.25, 0.3) is 5.91 Å². The molecule has 2 unspecified atom stereocenters. The maximum atomic E-state index is 13.3. The van der Waals surface area contributed by atoms with Gasteiger partial charge in [-0.15, -0.1) is 0 Å². The van der Waals surface area contributed by atoms with Crippen LogP contribution >= 0.6 is 11.6 Å². The second-order valence-corrected chi connectivity index (χ2v) is 8.58. The summed E-state index contributed by atoms with van der Waals surface area (Å²) in [7, 11) is 0. The number of rotatable bonds is 10. The lowest BCUT2D eigenvalue weighted by Crippen LogP contribution is -2.58. The molecule has 0 saturated carbocycles. The van der Waals surface area contributed by atoms with Crippen LogP contribution in [0.4, 0.5) is 0 Å². The number of unbranched alkanes of at least 4 members (excludes halogenated alkanes) is 1. The van der Waals surface area contributed by atoms with Gasteiger partial charge in [-0.25, -0.2) is 5.43 Å². The highest BCUT2D eigenvalue weighted by atomic mass is 35.5. The lowest BCUT2D eigenvalue weighted by molar-refractivity contribution is -0.142. The molecule has 0 aliphatic carbocycles. The average molecular weight is 459 g/mol. The number of carbonyl (C=O) groups excluding carboxylic acids is 2. The van der Waals surface area contributed by atoms with Crippen LogP contribution in [0.25, 0.3) is 0 Å². The van der Waals surface area contributed by atoms with E-state index in [1.807, 2.05) is 35.4 Å². The van der Waals surface area contributed by atoms with Gasteiger partial charge in [-0.2, -0.15) is 5.26 Å². The summed E-state index contributed by atoms with van der Waals surface area (Å²) < 4.78 is 0. The van der Waals surface area contributed by atoms with Gasteiger partial charge in [-0.3, -0.25) is 14.6 Å². The van der Waals surface area contributed by atoms with Crippen LogP contribution in [-0.4, -0.2) is 65.4 Å². The van der Waals surface area contributed by atoms with Gasteiger partial charge >= 0.3 is 0 Å². The van der Waals surface area contributed by atoms with Crippen molar-refractivity contribution in [2.75, 3.05) is 32.7 Å². The van der Waals surface area contributed by atoms with E-state index in [-0.39, 0.29) is 36.9 Å². The lowest BCUT2D eigenvalue weighted by Gasteiger charge is -2.41. The predicted octanol–water partition coefficient (Wildman–Crippen LogP) is 2.19. The van der Waals surface area contributed by atoms with Gasteiger partial charge in [0, 0.05) is 31.2 Å². The molecule has 3 rings (SSSR count). The van der Waals surface area contributed by atoms with E-state index in [0.29, 0.717) is 36.9 Å². The highest BCUT2D eigenvalue weighted by Gasteiger charge is 2.41. The summed E-state index contributed by atoms with van der Waals surface area (Å²) in [4.78, 5) is 29.4. The molecule has 0 aromatic heterocycles. The molecular weight excluding hydrogens is 428 g/mol. The number of amides is 2. The van der Waals surface area contributed by atoms with Gasteiger partial charge in [0.05, 0.1) is 24.6 Å². The first kappa shape index (κ1) is 24.1. The van der Waals surface area contributed by atoms with Crippen LogP contribution in [-0.2, 0) is 9.59 Å². The predicted molar refractivity (Wildman–Crippen MR) is 123 cm³/mol. The molecule has 1 aromatic rings. The number of hydrogen-bond acceptors (Lipinski definition) is 6. The van der Waals surface area contributed by atoms with Crippen LogP contribution in [0.15, 0.2) is 36.0 Å². The Morgan fingerprint density at radius 3 is 2.75 bits per heavy atom. The number of halogens is 1. The molecule has 1 aromatic carbocycles. The summed E-state index contributed by atoms with van der Waals surface area (Å²) in [6.45, 7) is 3.61. The van der Waals surface area contributed by atoms with E-state index >= 15 is 0 Å². The molecule has 9 heteroatoms. The van der Waals surface area contributed by atoms with E-state index in [1.165, 1.54) is 0 Å². The van der Waals surface area contributed by atoms with Crippen molar-refractivity contribution in [2.24, 2.45) is 5.73 Å². The third-order valence-corrected chi connectivity index (χ3v) is 6.11. The zero-order valence-corrected chi connectivity index (χ0v) is 19.2. The average Bonchev–Trinajstić information content (AvgIpc) is 3.24. The Hall–Kier alpha value is -2.60. The minimum absolute atomic E-state index is 0.0102. The largest absolute Gasteiger partial charge is 0.339 e. The molecular formula is C23H31ClN6O2. The Morgan fingerprint density at radius 2 is 2.09 bits per heavy atom. The number of fused-ring (bicyclic) bond motifs is 1. The Labute approximate surface area is 194 Å². The molecule has 32 heavy (non-hydrogen) atoms. The fourth-order valence-electron chi connectivity index (χ4n) is 4.15. The number of nitrogens with two attached hydrogens (primary N) is 1. The molecule has 172 valence electrons. The van der Waals surface area contributed by atoms with Crippen molar-refractivity contribution >= 4 is 23.4 Å². The normalized spacial score (nSPS) is 20.1. The SMILES string of the molecule is CCCCC1CN(CC(=O)N(CCN)CCC#N)C(=O)C2=CC(c3ccc(Cl)cc3)NN21.